The van der Waals surface area contributed by atoms with Crippen molar-refractivity contribution in [2.45, 2.75) is 25.7 Å². The van der Waals surface area contributed by atoms with Crippen LogP contribution in [-0.2, 0) is 11.2 Å². The lowest BCUT2D eigenvalue weighted by atomic mass is 9.96. The number of hydrogen-bond donors (Lipinski definition) is 1. The summed E-state index contributed by atoms with van der Waals surface area (Å²) < 4.78 is 13.4. The molecule has 31 heavy (non-hydrogen) atoms. The van der Waals surface area contributed by atoms with Gasteiger partial charge in [-0.1, -0.05) is 42.5 Å². The summed E-state index contributed by atoms with van der Waals surface area (Å²) in [6.45, 7) is 2.26. The van der Waals surface area contributed by atoms with E-state index in [-0.39, 0.29) is 17.6 Å². The van der Waals surface area contributed by atoms with Crippen molar-refractivity contribution >= 4 is 11.7 Å². The molecule has 0 spiro atoms. The van der Waals surface area contributed by atoms with Crippen molar-refractivity contribution in [3.8, 4) is 11.3 Å². The van der Waals surface area contributed by atoms with Crippen LogP contribution in [0.4, 0.5) is 10.2 Å². The smallest absolute Gasteiger partial charge is 0.223 e. The number of anilines is 1. The van der Waals surface area contributed by atoms with Crippen molar-refractivity contribution in [1.29, 1.82) is 0 Å². The first-order valence-electron chi connectivity index (χ1n) is 10.9. The number of nitrogens with zero attached hydrogens (tertiary/aromatic N) is 3. The van der Waals surface area contributed by atoms with Crippen LogP contribution in [0, 0.1) is 11.7 Å². The highest BCUT2D eigenvalue weighted by Crippen LogP contribution is 2.24. The van der Waals surface area contributed by atoms with Gasteiger partial charge in [-0.25, -0.2) is 4.39 Å². The summed E-state index contributed by atoms with van der Waals surface area (Å²) in [5.74, 6) is 0.707. The maximum absolute atomic E-state index is 13.4. The molecule has 1 amide bonds. The van der Waals surface area contributed by atoms with Crippen molar-refractivity contribution < 1.29 is 9.18 Å². The fourth-order valence-electron chi connectivity index (χ4n) is 3.96. The summed E-state index contributed by atoms with van der Waals surface area (Å²) in [7, 11) is 0. The van der Waals surface area contributed by atoms with Crippen LogP contribution in [0.1, 0.15) is 24.8 Å². The van der Waals surface area contributed by atoms with Gasteiger partial charge in [-0.2, -0.15) is 0 Å². The summed E-state index contributed by atoms with van der Waals surface area (Å²) in [5.41, 5.74) is 2.66. The maximum atomic E-state index is 13.4. The molecule has 1 aromatic heterocycles. The molecular formula is C25H27FN4O. The lowest BCUT2D eigenvalue weighted by Gasteiger charge is -2.31. The second-order valence-electron chi connectivity index (χ2n) is 7.93. The normalized spacial score (nSPS) is 14.4. The second kappa shape index (κ2) is 10.2. The molecule has 3 aromatic rings. The van der Waals surface area contributed by atoms with E-state index in [9.17, 15) is 9.18 Å². The minimum absolute atomic E-state index is 0.0486. The van der Waals surface area contributed by atoms with Crippen LogP contribution in [0.2, 0.25) is 0 Å². The SMILES string of the molecule is O=C(NCCCc1ccccc1)C1CCN(c2ccc(-c3cccc(F)c3)nn2)CC1. The topological polar surface area (TPSA) is 58.1 Å². The first-order valence-corrected chi connectivity index (χ1v) is 10.9. The Labute approximate surface area is 182 Å². The number of aromatic nitrogens is 2. The molecule has 160 valence electrons. The van der Waals surface area contributed by atoms with E-state index in [1.165, 1.54) is 17.7 Å². The van der Waals surface area contributed by atoms with Crippen LogP contribution in [0.5, 0.6) is 0 Å². The zero-order valence-corrected chi connectivity index (χ0v) is 17.5. The number of nitrogens with one attached hydrogen (secondary N) is 1. The maximum Gasteiger partial charge on any atom is 0.223 e. The van der Waals surface area contributed by atoms with Crippen LogP contribution < -0.4 is 10.2 Å². The number of rotatable bonds is 7. The third kappa shape index (κ3) is 5.66. The van der Waals surface area contributed by atoms with Crippen LogP contribution in [0.25, 0.3) is 11.3 Å². The molecule has 0 aliphatic carbocycles. The van der Waals surface area contributed by atoms with Crippen molar-refractivity contribution in [1.82, 2.24) is 15.5 Å². The fourth-order valence-corrected chi connectivity index (χ4v) is 3.96. The number of halogens is 1. The van der Waals surface area contributed by atoms with E-state index in [4.69, 9.17) is 0 Å². The van der Waals surface area contributed by atoms with E-state index in [1.54, 1.807) is 6.07 Å². The Hall–Kier alpha value is -3.28. The quantitative estimate of drug-likeness (QED) is 0.583. The van der Waals surface area contributed by atoms with E-state index in [0.29, 0.717) is 17.8 Å². The van der Waals surface area contributed by atoms with Crippen molar-refractivity contribution in [2.75, 3.05) is 24.5 Å². The molecule has 1 fully saturated rings. The lowest BCUT2D eigenvalue weighted by Crippen LogP contribution is -2.41. The van der Waals surface area contributed by atoms with E-state index in [1.807, 2.05) is 36.4 Å². The molecule has 4 rings (SSSR count). The Morgan fingerprint density at radius 1 is 1.00 bits per heavy atom. The van der Waals surface area contributed by atoms with Gasteiger partial charge in [-0.15, -0.1) is 10.2 Å². The number of piperidine rings is 1. The molecule has 0 unspecified atom stereocenters. The molecule has 1 aliphatic heterocycles. The Morgan fingerprint density at radius 2 is 1.81 bits per heavy atom. The van der Waals surface area contributed by atoms with Gasteiger partial charge >= 0.3 is 0 Å². The van der Waals surface area contributed by atoms with Gasteiger partial charge < -0.3 is 10.2 Å². The Bertz CT molecular complexity index is 986. The standard InChI is InChI=1S/C25H27FN4O/c26-22-10-4-9-21(18-22)23-11-12-24(29-28-23)30-16-13-20(14-17-30)25(31)27-15-5-8-19-6-2-1-3-7-19/h1-4,6-7,9-12,18,20H,5,8,13-17H2,(H,27,31). The molecule has 0 atom stereocenters. The van der Waals surface area contributed by atoms with Crippen molar-refractivity contribution in [3.63, 3.8) is 0 Å². The van der Waals surface area contributed by atoms with E-state index < -0.39 is 0 Å². The van der Waals surface area contributed by atoms with Gasteiger partial charge in [0.05, 0.1) is 5.69 Å². The highest BCUT2D eigenvalue weighted by Gasteiger charge is 2.25. The van der Waals surface area contributed by atoms with E-state index >= 15 is 0 Å². The van der Waals surface area contributed by atoms with Gasteiger partial charge in [0, 0.05) is 31.1 Å². The summed E-state index contributed by atoms with van der Waals surface area (Å²) in [5, 5.41) is 11.7. The lowest BCUT2D eigenvalue weighted by molar-refractivity contribution is -0.125. The molecule has 6 heteroatoms. The van der Waals surface area contributed by atoms with E-state index in [2.05, 4.69) is 32.5 Å². The summed E-state index contributed by atoms with van der Waals surface area (Å²) in [4.78, 5) is 14.6. The molecular weight excluding hydrogens is 391 g/mol. The predicted molar refractivity (Wildman–Crippen MR) is 120 cm³/mol. The monoisotopic (exact) mass is 418 g/mol. The van der Waals surface area contributed by atoms with Crippen LogP contribution in [0.15, 0.2) is 66.7 Å². The summed E-state index contributed by atoms with van der Waals surface area (Å²) in [6, 6.07) is 20.5. The Balaban J connectivity index is 1.22. The van der Waals surface area contributed by atoms with Crippen LogP contribution in [-0.4, -0.2) is 35.7 Å². The summed E-state index contributed by atoms with van der Waals surface area (Å²) >= 11 is 0. The number of hydrogen-bond acceptors (Lipinski definition) is 4. The van der Waals surface area contributed by atoms with Crippen LogP contribution in [0.3, 0.4) is 0 Å². The molecule has 1 N–H and O–H groups in total. The first kappa shape index (κ1) is 21.0. The van der Waals surface area contributed by atoms with Gasteiger partial charge in [0.15, 0.2) is 5.82 Å². The van der Waals surface area contributed by atoms with E-state index in [0.717, 1.165) is 44.6 Å². The van der Waals surface area contributed by atoms with Gasteiger partial charge in [-0.3, -0.25) is 4.79 Å². The van der Waals surface area contributed by atoms with Gasteiger partial charge in [-0.05, 0) is 55.5 Å². The molecule has 0 saturated carbocycles. The van der Waals surface area contributed by atoms with Crippen molar-refractivity contribution in [3.05, 3.63) is 78.1 Å². The van der Waals surface area contributed by atoms with Gasteiger partial charge in [0.2, 0.25) is 5.91 Å². The number of carbonyl (C=O) groups is 1. The average Bonchev–Trinajstić information content (AvgIpc) is 2.83. The highest BCUT2D eigenvalue weighted by atomic mass is 19.1. The minimum atomic E-state index is -0.288. The number of carbonyl (C=O) groups excluding carboxylic acids is 1. The molecule has 1 aliphatic rings. The third-order valence-corrected chi connectivity index (χ3v) is 5.74. The average molecular weight is 419 g/mol. The molecule has 0 bridgehead atoms. The molecule has 2 heterocycles. The molecule has 2 aromatic carbocycles. The second-order valence-corrected chi connectivity index (χ2v) is 7.93. The number of aryl methyl sites for hydroxylation is 1. The Kier molecular flexibility index (Phi) is 6.87. The largest absolute Gasteiger partial charge is 0.356 e. The van der Waals surface area contributed by atoms with Gasteiger partial charge in [0.25, 0.3) is 0 Å². The first-order chi connectivity index (χ1) is 15.2. The molecule has 5 nitrogen and oxygen atoms in total. The summed E-state index contributed by atoms with van der Waals surface area (Å²) in [6.07, 6.45) is 3.53. The zero-order valence-electron chi connectivity index (χ0n) is 17.5. The number of benzene rings is 2. The number of amides is 1. The zero-order chi connectivity index (χ0) is 21.5. The van der Waals surface area contributed by atoms with Crippen LogP contribution >= 0.6 is 0 Å². The van der Waals surface area contributed by atoms with Crippen molar-refractivity contribution in [2.24, 2.45) is 5.92 Å². The molecule has 1 saturated heterocycles. The molecule has 0 radical (unpaired) electrons. The predicted octanol–water partition coefficient (Wildman–Crippen LogP) is 4.25. The highest BCUT2D eigenvalue weighted by molar-refractivity contribution is 5.79. The third-order valence-electron chi connectivity index (χ3n) is 5.74. The Morgan fingerprint density at radius 3 is 2.52 bits per heavy atom. The minimum Gasteiger partial charge on any atom is -0.356 e. The fraction of sp³-hybridized carbons (Fsp3) is 0.320. The van der Waals surface area contributed by atoms with Gasteiger partial charge in [0.1, 0.15) is 5.82 Å².